The van der Waals surface area contributed by atoms with Gasteiger partial charge in [-0.15, -0.1) is 0 Å². The first kappa shape index (κ1) is 9.89. The highest BCUT2D eigenvalue weighted by Gasteiger charge is 2.32. The Balaban J connectivity index is 1.96. The summed E-state index contributed by atoms with van der Waals surface area (Å²) in [6, 6.07) is 0.348. The molecule has 2 aliphatic rings. The van der Waals surface area contributed by atoms with Crippen molar-refractivity contribution in [3.8, 4) is 0 Å². The second kappa shape index (κ2) is 4.25. The van der Waals surface area contributed by atoms with E-state index < -0.39 is 0 Å². The van der Waals surface area contributed by atoms with Crippen molar-refractivity contribution in [2.24, 2.45) is 5.73 Å². The van der Waals surface area contributed by atoms with E-state index in [0.717, 1.165) is 19.5 Å². The maximum absolute atomic E-state index is 11.6. The first-order chi connectivity index (χ1) is 6.81. The number of nitrogens with two attached hydrogens (primary N) is 1. The molecule has 0 radical (unpaired) electrons. The number of hydrogen-bond acceptors (Lipinski definition) is 4. The van der Waals surface area contributed by atoms with Crippen molar-refractivity contribution in [2.75, 3.05) is 32.8 Å². The van der Waals surface area contributed by atoms with E-state index in [4.69, 9.17) is 10.5 Å². The van der Waals surface area contributed by atoms with Gasteiger partial charge in [0.15, 0.2) is 0 Å². The van der Waals surface area contributed by atoms with Crippen molar-refractivity contribution >= 4 is 5.91 Å². The lowest BCUT2D eigenvalue weighted by atomic mass is 10.1. The third-order valence-corrected chi connectivity index (χ3v) is 2.90. The molecular formula is C9H17N3O2. The van der Waals surface area contributed by atoms with Crippen molar-refractivity contribution in [1.29, 1.82) is 0 Å². The molecule has 2 atom stereocenters. The van der Waals surface area contributed by atoms with Gasteiger partial charge < -0.3 is 20.7 Å². The van der Waals surface area contributed by atoms with Crippen LogP contribution in [0.2, 0.25) is 0 Å². The van der Waals surface area contributed by atoms with Gasteiger partial charge in [-0.2, -0.15) is 0 Å². The van der Waals surface area contributed by atoms with Crippen LogP contribution >= 0.6 is 0 Å². The van der Waals surface area contributed by atoms with Crippen LogP contribution in [0.15, 0.2) is 0 Å². The minimum absolute atomic E-state index is 0.0216. The normalized spacial score (nSPS) is 33.8. The van der Waals surface area contributed by atoms with Crippen molar-refractivity contribution < 1.29 is 9.53 Å². The fourth-order valence-electron chi connectivity index (χ4n) is 2.05. The molecule has 80 valence electrons. The first-order valence-corrected chi connectivity index (χ1v) is 5.13. The summed E-state index contributed by atoms with van der Waals surface area (Å²) in [4.78, 5) is 13.5. The van der Waals surface area contributed by atoms with Gasteiger partial charge >= 0.3 is 0 Å². The lowest BCUT2D eigenvalue weighted by Crippen LogP contribution is -2.53. The Labute approximate surface area is 83.6 Å². The third kappa shape index (κ3) is 1.89. The molecule has 0 bridgehead atoms. The monoisotopic (exact) mass is 199 g/mol. The summed E-state index contributed by atoms with van der Waals surface area (Å²) in [5.74, 6) is 0.100. The highest BCUT2D eigenvalue weighted by Crippen LogP contribution is 2.14. The predicted octanol–water partition coefficient (Wildman–Crippen LogP) is -1.47. The molecule has 1 amide bonds. The number of nitrogens with zero attached hydrogens (tertiary/aromatic N) is 1. The van der Waals surface area contributed by atoms with Gasteiger partial charge in [0.2, 0.25) is 5.91 Å². The molecule has 0 saturated carbocycles. The molecular weight excluding hydrogens is 182 g/mol. The maximum atomic E-state index is 11.6. The summed E-state index contributed by atoms with van der Waals surface area (Å²) in [6.45, 7) is 3.25. The molecule has 2 heterocycles. The smallest absolute Gasteiger partial charge is 0.248 e. The molecule has 14 heavy (non-hydrogen) atoms. The van der Waals surface area contributed by atoms with Crippen LogP contribution in [0.1, 0.15) is 6.42 Å². The fraction of sp³-hybridized carbons (Fsp3) is 0.889. The summed E-state index contributed by atoms with van der Waals surface area (Å²) in [5, 5.41) is 3.26. The average molecular weight is 199 g/mol. The van der Waals surface area contributed by atoms with E-state index in [0.29, 0.717) is 19.1 Å². The predicted molar refractivity (Wildman–Crippen MR) is 51.8 cm³/mol. The van der Waals surface area contributed by atoms with Crippen LogP contribution in [-0.4, -0.2) is 55.7 Å². The van der Waals surface area contributed by atoms with Crippen LogP contribution < -0.4 is 11.1 Å². The molecule has 2 saturated heterocycles. The molecule has 5 heteroatoms. The zero-order valence-corrected chi connectivity index (χ0v) is 8.24. The molecule has 2 aliphatic heterocycles. The van der Waals surface area contributed by atoms with E-state index in [9.17, 15) is 4.79 Å². The minimum atomic E-state index is 0.0216. The number of nitrogens with one attached hydrogen (secondary N) is 1. The Morgan fingerprint density at radius 2 is 2.50 bits per heavy atom. The van der Waals surface area contributed by atoms with Gasteiger partial charge in [-0.3, -0.25) is 4.79 Å². The number of carbonyl (C=O) groups excluding carboxylic acids is 1. The molecule has 0 aromatic heterocycles. The van der Waals surface area contributed by atoms with Gasteiger partial charge in [-0.25, -0.2) is 0 Å². The zero-order chi connectivity index (χ0) is 9.97. The molecule has 2 unspecified atom stereocenters. The first-order valence-electron chi connectivity index (χ1n) is 5.13. The van der Waals surface area contributed by atoms with Gasteiger partial charge in [-0.05, 0) is 13.0 Å². The molecule has 2 rings (SSSR count). The number of amides is 1. The standard InChI is InChI=1S/C9H17N3O2/c10-3-8-5-12(9(13)6-14-8)7-1-2-11-4-7/h7-8,11H,1-6,10H2. The van der Waals surface area contributed by atoms with E-state index >= 15 is 0 Å². The number of carbonyl (C=O) groups is 1. The number of ether oxygens (including phenoxy) is 1. The Bertz CT molecular complexity index is 216. The second-order valence-corrected chi connectivity index (χ2v) is 3.86. The van der Waals surface area contributed by atoms with E-state index in [1.54, 1.807) is 0 Å². The van der Waals surface area contributed by atoms with Crippen molar-refractivity contribution in [3.63, 3.8) is 0 Å². The molecule has 5 nitrogen and oxygen atoms in total. The van der Waals surface area contributed by atoms with E-state index in [2.05, 4.69) is 5.32 Å². The summed E-state index contributed by atoms with van der Waals surface area (Å²) in [5.41, 5.74) is 5.53. The molecule has 3 N–H and O–H groups in total. The van der Waals surface area contributed by atoms with Crippen molar-refractivity contribution in [2.45, 2.75) is 18.6 Å². The quantitative estimate of drug-likeness (QED) is 0.570. The molecule has 2 fully saturated rings. The number of morpholine rings is 1. The van der Waals surface area contributed by atoms with Crippen LogP contribution in [0, 0.1) is 0 Å². The molecule has 0 spiro atoms. The van der Waals surface area contributed by atoms with Crippen LogP contribution in [-0.2, 0) is 9.53 Å². The highest BCUT2D eigenvalue weighted by atomic mass is 16.5. The highest BCUT2D eigenvalue weighted by molar-refractivity contribution is 5.78. The van der Waals surface area contributed by atoms with Crippen LogP contribution in [0.25, 0.3) is 0 Å². The third-order valence-electron chi connectivity index (χ3n) is 2.90. The van der Waals surface area contributed by atoms with Gasteiger partial charge in [0.25, 0.3) is 0 Å². The lowest BCUT2D eigenvalue weighted by Gasteiger charge is -2.36. The fourth-order valence-corrected chi connectivity index (χ4v) is 2.05. The Morgan fingerprint density at radius 3 is 3.14 bits per heavy atom. The maximum Gasteiger partial charge on any atom is 0.248 e. The van der Waals surface area contributed by atoms with Crippen LogP contribution in [0.4, 0.5) is 0 Å². The zero-order valence-electron chi connectivity index (χ0n) is 8.24. The van der Waals surface area contributed by atoms with Gasteiger partial charge in [-0.1, -0.05) is 0 Å². The Kier molecular flexibility index (Phi) is 3.00. The molecule has 0 aromatic rings. The van der Waals surface area contributed by atoms with Gasteiger partial charge in [0, 0.05) is 25.7 Å². The number of rotatable bonds is 2. The Hall–Kier alpha value is -0.650. The van der Waals surface area contributed by atoms with Crippen molar-refractivity contribution in [3.05, 3.63) is 0 Å². The lowest BCUT2D eigenvalue weighted by molar-refractivity contribution is -0.151. The van der Waals surface area contributed by atoms with Gasteiger partial charge in [0.1, 0.15) is 6.61 Å². The van der Waals surface area contributed by atoms with E-state index in [-0.39, 0.29) is 18.6 Å². The topological polar surface area (TPSA) is 67.6 Å². The van der Waals surface area contributed by atoms with Crippen LogP contribution in [0.5, 0.6) is 0 Å². The Morgan fingerprint density at radius 1 is 1.64 bits per heavy atom. The molecule has 0 aromatic carbocycles. The summed E-state index contributed by atoms with van der Waals surface area (Å²) in [7, 11) is 0. The van der Waals surface area contributed by atoms with E-state index in [1.165, 1.54) is 0 Å². The SMILES string of the molecule is NCC1CN(C2CCNC2)C(=O)CO1. The second-order valence-electron chi connectivity index (χ2n) is 3.86. The summed E-state index contributed by atoms with van der Waals surface area (Å²) in [6.07, 6.45) is 1.07. The summed E-state index contributed by atoms with van der Waals surface area (Å²) < 4.78 is 5.29. The molecule has 0 aliphatic carbocycles. The van der Waals surface area contributed by atoms with Crippen LogP contribution in [0.3, 0.4) is 0 Å². The van der Waals surface area contributed by atoms with E-state index in [1.807, 2.05) is 4.90 Å². The minimum Gasteiger partial charge on any atom is -0.365 e. The largest absolute Gasteiger partial charge is 0.365 e. The van der Waals surface area contributed by atoms with Crippen molar-refractivity contribution in [1.82, 2.24) is 10.2 Å². The van der Waals surface area contributed by atoms with Gasteiger partial charge in [0.05, 0.1) is 6.10 Å². The number of hydrogen-bond donors (Lipinski definition) is 2. The summed E-state index contributed by atoms with van der Waals surface area (Å²) >= 11 is 0. The average Bonchev–Trinajstić information content (AvgIpc) is 2.71.